The molecule has 0 radical (unpaired) electrons. The molecular weight excluding hydrogens is 476 g/mol. The summed E-state index contributed by atoms with van der Waals surface area (Å²) < 4.78 is 78.1. The zero-order chi connectivity index (χ0) is 25.1. The van der Waals surface area contributed by atoms with Crippen LogP contribution in [0.15, 0.2) is 64.9 Å². The van der Waals surface area contributed by atoms with Gasteiger partial charge in [-0.15, -0.1) is 0 Å². The summed E-state index contributed by atoms with van der Waals surface area (Å²) in [7, 11) is -3.99. The first-order valence-electron chi connectivity index (χ1n) is 9.62. The molecule has 34 heavy (non-hydrogen) atoms. The second-order valence-electron chi connectivity index (χ2n) is 7.21. The summed E-state index contributed by atoms with van der Waals surface area (Å²) >= 11 is 0. The van der Waals surface area contributed by atoms with Gasteiger partial charge in [-0.3, -0.25) is 0 Å². The Morgan fingerprint density at radius 3 is 2.65 bits per heavy atom. The van der Waals surface area contributed by atoms with E-state index in [1.165, 1.54) is 36.4 Å². The van der Waals surface area contributed by atoms with E-state index in [4.69, 9.17) is 10.4 Å². The van der Waals surface area contributed by atoms with Crippen LogP contribution in [0.4, 0.5) is 35.0 Å². The van der Waals surface area contributed by atoms with Gasteiger partial charge in [0, 0.05) is 11.4 Å². The van der Waals surface area contributed by atoms with Crippen LogP contribution in [0.5, 0.6) is 0 Å². The van der Waals surface area contributed by atoms with Crippen molar-refractivity contribution in [2.24, 2.45) is 11.1 Å². The number of nitrogens with zero attached hydrogens (tertiary/aromatic N) is 3. The van der Waals surface area contributed by atoms with Gasteiger partial charge in [0.1, 0.15) is 0 Å². The Labute approximate surface area is 192 Å². The van der Waals surface area contributed by atoms with E-state index in [1.807, 2.05) is 0 Å². The van der Waals surface area contributed by atoms with E-state index >= 15 is 0 Å². The quantitative estimate of drug-likeness (QED) is 0.513. The second kappa shape index (κ2) is 9.62. The maximum atomic E-state index is 14.3. The molecule has 2 aromatic rings. The number of aryl methyl sites for hydroxylation is 1. The minimum Gasteiger partial charge on any atom is -0.338 e. The molecule has 1 aromatic carbocycles. The molecule has 1 aromatic heterocycles. The summed E-state index contributed by atoms with van der Waals surface area (Å²) in [5, 5.41) is 19.0. The van der Waals surface area contributed by atoms with Gasteiger partial charge in [0.2, 0.25) is 16.0 Å². The number of allylic oxidation sites excluding steroid dienone is 5. The van der Waals surface area contributed by atoms with E-state index in [1.54, 1.807) is 13.0 Å². The summed E-state index contributed by atoms with van der Waals surface area (Å²) in [6.07, 6.45) is 0.518. The number of hydrogen-bond donors (Lipinski definition) is 3. The van der Waals surface area contributed by atoms with Crippen LogP contribution in [0.25, 0.3) is 0 Å². The largest absolute Gasteiger partial charge is 0.399 e. The highest BCUT2D eigenvalue weighted by atomic mass is 32.2. The zero-order valence-corrected chi connectivity index (χ0v) is 18.4. The first-order chi connectivity index (χ1) is 15.9. The molecule has 1 unspecified atom stereocenters. The summed E-state index contributed by atoms with van der Waals surface area (Å²) in [6, 6.07) is 6.03. The van der Waals surface area contributed by atoms with Crippen LogP contribution >= 0.6 is 0 Å². The molecule has 3 rings (SSSR count). The number of nitrogens with one attached hydrogen (secondary N) is 2. The maximum absolute atomic E-state index is 14.3. The van der Waals surface area contributed by atoms with Gasteiger partial charge < -0.3 is 10.6 Å². The number of nitriles is 1. The Morgan fingerprint density at radius 1 is 1.26 bits per heavy atom. The van der Waals surface area contributed by atoms with Gasteiger partial charge in [0.05, 0.1) is 29.5 Å². The number of hydrogen-bond acceptors (Lipinski definition) is 7. The Hall–Kier alpha value is -3.76. The Balaban J connectivity index is 1.87. The lowest BCUT2D eigenvalue weighted by atomic mass is 9.91. The minimum absolute atomic E-state index is 0.0631. The van der Waals surface area contributed by atoms with Crippen LogP contribution < -0.4 is 15.8 Å². The van der Waals surface area contributed by atoms with Crippen molar-refractivity contribution < 1.29 is 26.0 Å². The molecule has 0 spiro atoms. The van der Waals surface area contributed by atoms with Crippen molar-refractivity contribution in [1.82, 2.24) is 9.97 Å². The van der Waals surface area contributed by atoms with E-state index in [2.05, 4.69) is 20.6 Å². The number of alkyl halides is 3. The van der Waals surface area contributed by atoms with Crippen molar-refractivity contribution in [3.05, 3.63) is 71.4 Å². The molecule has 0 saturated carbocycles. The van der Waals surface area contributed by atoms with Gasteiger partial charge >= 0.3 is 6.18 Å². The Bertz CT molecular complexity index is 1340. The lowest BCUT2D eigenvalue weighted by Gasteiger charge is -2.23. The van der Waals surface area contributed by atoms with Crippen LogP contribution in [0, 0.1) is 30.0 Å². The number of benzene rings is 1. The number of anilines is 3. The highest BCUT2D eigenvalue weighted by Crippen LogP contribution is 2.37. The molecule has 13 heteroatoms. The molecule has 0 amide bonds. The summed E-state index contributed by atoms with van der Waals surface area (Å²) in [5.41, 5.74) is 0.490. The van der Waals surface area contributed by atoms with Crippen molar-refractivity contribution in [1.29, 1.82) is 5.26 Å². The zero-order valence-electron chi connectivity index (χ0n) is 17.6. The SMILES string of the molecule is Cc1ccc(Nc2ncc(F)c(NC3=CC(C(F)(F)F)C(=CCC#N)C=C3)n2)cc1S(N)(=O)=O. The van der Waals surface area contributed by atoms with E-state index in [9.17, 15) is 26.0 Å². The number of primary sulfonamides is 1. The van der Waals surface area contributed by atoms with Crippen LogP contribution in [-0.2, 0) is 10.0 Å². The van der Waals surface area contributed by atoms with Crippen molar-refractivity contribution in [2.75, 3.05) is 10.6 Å². The van der Waals surface area contributed by atoms with Crippen molar-refractivity contribution >= 4 is 27.5 Å². The third-order valence-corrected chi connectivity index (χ3v) is 5.75. The first-order valence-corrected chi connectivity index (χ1v) is 11.2. The van der Waals surface area contributed by atoms with Crippen LogP contribution in [-0.4, -0.2) is 24.6 Å². The fourth-order valence-corrected chi connectivity index (χ4v) is 3.92. The molecule has 1 aliphatic rings. The average Bonchev–Trinajstić information content (AvgIpc) is 2.75. The molecule has 4 N–H and O–H groups in total. The molecule has 0 bridgehead atoms. The third kappa shape index (κ3) is 5.97. The predicted octanol–water partition coefficient (Wildman–Crippen LogP) is 4.20. The molecule has 0 fully saturated rings. The molecule has 1 atom stereocenters. The van der Waals surface area contributed by atoms with Gasteiger partial charge in [0.25, 0.3) is 0 Å². The maximum Gasteiger partial charge on any atom is 0.399 e. The molecule has 0 aliphatic heterocycles. The van der Waals surface area contributed by atoms with Crippen LogP contribution in [0.1, 0.15) is 12.0 Å². The number of sulfonamides is 1. The number of nitrogens with two attached hydrogens (primary N) is 1. The van der Waals surface area contributed by atoms with E-state index in [-0.39, 0.29) is 34.2 Å². The fourth-order valence-electron chi connectivity index (χ4n) is 3.11. The number of aromatic nitrogens is 2. The highest BCUT2D eigenvalue weighted by molar-refractivity contribution is 7.89. The normalized spacial score (nSPS) is 17.3. The summed E-state index contributed by atoms with van der Waals surface area (Å²) in [4.78, 5) is 7.56. The van der Waals surface area contributed by atoms with Gasteiger partial charge in [-0.1, -0.05) is 18.2 Å². The lowest BCUT2D eigenvalue weighted by Crippen LogP contribution is -2.25. The Kier molecular flexibility index (Phi) is 7.04. The van der Waals surface area contributed by atoms with E-state index < -0.39 is 33.8 Å². The van der Waals surface area contributed by atoms with Gasteiger partial charge in [-0.25, -0.2) is 22.9 Å². The summed E-state index contributed by atoms with van der Waals surface area (Å²) in [5.74, 6) is -3.46. The standard InChI is InChI=1S/C21H18F4N6O2S/c1-12-4-6-15(10-18(12)34(27,32)33)30-20-28-11-17(22)19(31-20)29-14-7-5-13(3-2-8-26)16(9-14)21(23,24)25/h3-7,9-11,16H,2H2,1H3,(H2,27,32,33)(H2,28,29,30,31). The third-order valence-electron chi connectivity index (χ3n) is 4.70. The molecule has 1 aliphatic carbocycles. The monoisotopic (exact) mass is 494 g/mol. The van der Waals surface area contributed by atoms with Gasteiger partial charge in [-0.05, 0) is 42.3 Å². The molecule has 8 nitrogen and oxygen atoms in total. The topological polar surface area (TPSA) is 134 Å². The highest BCUT2D eigenvalue weighted by Gasteiger charge is 2.41. The average molecular weight is 494 g/mol. The number of rotatable bonds is 6. The first kappa shape index (κ1) is 24.9. The fraction of sp³-hybridized carbons (Fsp3) is 0.190. The molecular formula is C21H18F4N6O2S. The second-order valence-corrected chi connectivity index (χ2v) is 8.74. The van der Waals surface area contributed by atoms with E-state index in [0.717, 1.165) is 12.3 Å². The minimum atomic E-state index is -4.62. The van der Waals surface area contributed by atoms with Crippen molar-refractivity contribution in [2.45, 2.75) is 24.4 Å². The van der Waals surface area contributed by atoms with E-state index in [0.29, 0.717) is 5.56 Å². The van der Waals surface area contributed by atoms with Crippen molar-refractivity contribution in [3.8, 4) is 6.07 Å². The predicted molar refractivity (Wildman–Crippen MR) is 117 cm³/mol. The van der Waals surface area contributed by atoms with Crippen LogP contribution in [0.2, 0.25) is 0 Å². The lowest BCUT2D eigenvalue weighted by molar-refractivity contribution is -0.151. The number of halogens is 4. The molecule has 0 saturated heterocycles. The van der Waals surface area contributed by atoms with Crippen molar-refractivity contribution in [3.63, 3.8) is 0 Å². The summed E-state index contributed by atoms with van der Waals surface area (Å²) in [6.45, 7) is 1.56. The van der Waals surface area contributed by atoms with Gasteiger partial charge in [-0.2, -0.15) is 23.4 Å². The molecule has 1 heterocycles. The van der Waals surface area contributed by atoms with Gasteiger partial charge in [0.15, 0.2) is 11.6 Å². The molecule has 178 valence electrons. The smallest absolute Gasteiger partial charge is 0.338 e. The Morgan fingerprint density at radius 2 is 2.00 bits per heavy atom. The van der Waals surface area contributed by atoms with Crippen LogP contribution in [0.3, 0.4) is 0 Å².